The molecular weight excluding hydrogens is 496 g/mol. The summed E-state index contributed by atoms with van der Waals surface area (Å²) in [5, 5.41) is 0. The van der Waals surface area contributed by atoms with Crippen molar-refractivity contribution in [3.05, 3.63) is 65.2 Å². The van der Waals surface area contributed by atoms with Crippen LogP contribution in [0, 0.1) is 0 Å². The van der Waals surface area contributed by atoms with Gasteiger partial charge < -0.3 is 28.7 Å². The Kier molecular flexibility index (Phi) is 8.54. The van der Waals surface area contributed by atoms with Crippen LogP contribution in [0.4, 0.5) is 4.79 Å². The maximum absolute atomic E-state index is 13.1. The van der Waals surface area contributed by atoms with Gasteiger partial charge in [-0.15, -0.1) is 0 Å². The minimum atomic E-state index is -0.587. The average Bonchev–Trinajstić information content (AvgIpc) is 2.91. The van der Waals surface area contributed by atoms with Crippen LogP contribution in [0.3, 0.4) is 0 Å². The van der Waals surface area contributed by atoms with Crippen LogP contribution >= 0.6 is 0 Å². The van der Waals surface area contributed by atoms with E-state index in [0.717, 1.165) is 22.4 Å². The molecule has 8 nitrogen and oxygen atoms in total. The summed E-state index contributed by atoms with van der Waals surface area (Å²) in [6, 6.07) is 13.5. The highest BCUT2D eigenvalue weighted by atomic mass is 16.7. The number of hydrogen-bond donors (Lipinski definition) is 0. The number of ether oxygens (including phenoxy) is 4. The van der Waals surface area contributed by atoms with E-state index in [1.54, 1.807) is 23.0 Å². The first-order valence-corrected chi connectivity index (χ1v) is 13.6. The molecule has 2 heterocycles. The van der Waals surface area contributed by atoms with Crippen molar-refractivity contribution >= 4 is 17.6 Å². The van der Waals surface area contributed by atoms with Gasteiger partial charge in [0.25, 0.3) is 5.91 Å². The highest BCUT2D eigenvalue weighted by Gasteiger charge is 2.41. The summed E-state index contributed by atoms with van der Waals surface area (Å²) >= 11 is 0. The van der Waals surface area contributed by atoms with E-state index < -0.39 is 11.2 Å². The zero-order chi connectivity index (χ0) is 28.2. The van der Waals surface area contributed by atoms with Crippen molar-refractivity contribution in [2.75, 3.05) is 40.1 Å². The molecule has 2 aliphatic rings. The number of fused-ring (bicyclic) bond motifs is 1. The second kappa shape index (κ2) is 11.7. The van der Waals surface area contributed by atoms with Gasteiger partial charge in [0.15, 0.2) is 6.79 Å². The molecule has 8 heteroatoms. The summed E-state index contributed by atoms with van der Waals surface area (Å²) in [4.78, 5) is 29.3. The molecule has 2 aromatic rings. The lowest BCUT2D eigenvalue weighted by Crippen LogP contribution is -2.50. The van der Waals surface area contributed by atoms with Crippen LogP contribution in [-0.4, -0.2) is 73.1 Å². The van der Waals surface area contributed by atoms with Crippen molar-refractivity contribution < 1.29 is 28.5 Å². The molecule has 0 atom stereocenters. The number of benzene rings is 2. The Morgan fingerprint density at radius 1 is 1.03 bits per heavy atom. The number of piperidine rings is 1. The van der Waals surface area contributed by atoms with E-state index in [4.69, 9.17) is 18.9 Å². The zero-order valence-electron chi connectivity index (χ0n) is 23.9. The Labute approximate surface area is 231 Å². The topological polar surface area (TPSA) is 77.5 Å². The highest BCUT2D eigenvalue weighted by molar-refractivity contribution is 5.96. The van der Waals surface area contributed by atoms with E-state index in [2.05, 4.69) is 6.08 Å². The zero-order valence-corrected chi connectivity index (χ0v) is 23.9. The molecule has 1 fully saturated rings. The fourth-order valence-electron chi connectivity index (χ4n) is 5.04. The third kappa shape index (κ3) is 6.38. The fraction of sp³-hybridized carbons (Fsp3) is 0.484. The van der Waals surface area contributed by atoms with Gasteiger partial charge in [-0.3, -0.25) is 4.79 Å². The number of carbonyl (C=O) groups excluding carboxylic acids is 2. The van der Waals surface area contributed by atoms with Gasteiger partial charge in [-0.05, 0) is 70.5 Å². The third-order valence-electron chi connectivity index (χ3n) is 7.06. The van der Waals surface area contributed by atoms with Crippen molar-refractivity contribution in [1.29, 1.82) is 0 Å². The van der Waals surface area contributed by atoms with Gasteiger partial charge in [-0.25, -0.2) is 4.79 Å². The number of nitrogens with zero attached hydrogens (tertiary/aromatic N) is 2. The molecule has 0 aromatic heterocycles. The smallest absolute Gasteiger partial charge is 0.410 e. The van der Waals surface area contributed by atoms with Crippen molar-refractivity contribution in [2.45, 2.75) is 58.7 Å². The molecule has 2 aliphatic heterocycles. The quantitative estimate of drug-likeness (QED) is 0.420. The largest absolute Gasteiger partial charge is 0.482 e. The molecule has 2 amide bonds. The molecule has 1 spiro atoms. The average molecular weight is 537 g/mol. The number of carbonyl (C=O) groups is 2. The van der Waals surface area contributed by atoms with Crippen molar-refractivity contribution in [2.24, 2.45) is 0 Å². The molecule has 4 rings (SSSR count). The van der Waals surface area contributed by atoms with Gasteiger partial charge in [0, 0.05) is 62.8 Å². The Morgan fingerprint density at radius 2 is 1.72 bits per heavy atom. The fourth-order valence-corrected chi connectivity index (χ4v) is 5.04. The van der Waals surface area contributed by atoms with Gasteiger partial charge in [-0.1, -0.05) is 18.2 Å². The molecule has 0 radical (unpaired) electrons. The number of amides is 2. The molecule has 0 aliphatic carbocycles. The van der Waals surface area contributed by atoms with E-state index in [0.29, 0.717) is 50.3 Å². The van der Waals surface area contributed by atoms with Gasteiger partial charge >= 0.3 is 6.09 Å². The Bertz CT molecular complexity index is 1220. The lowest BCUT2D eigenvalue weighted by atomic mass is 9.82. The normalized spacial score (nSPS) is 16.2. The standard InChI is InChI=1S/C31H40N2O6/c1-7-32(8-2)28(34)22-13-14-24(27(19-22)37-21-36-6)25-20-31(38-26-12-10-9-11-23(25)26)15-17-33(18-16-31)29(35)39-30(3,4)5/h9-14,19-20H,7-8,15-18,21H2,1-6H3. The summed E-state index contributed by atoms with van der Waals surface area (Å²) in [6.45, 7) is 11.9. The lowest BCUT2D eigenvalue weighted by Gasteiger charge is -2.43. The van der Waals surface area contributed by atoms with Crippen LogP contribution in [0.2, 0.25) is 0 Å². The van der Waals surface area contributed by atoms with E-state index in [1.165, 1.54) is 0 Å². The van der Waals surface area contributed by atoms with Crippen LogP contribution in [0.5, 0.6) is 11.5 Å². The SMILES string of the molecule is CCN(CC)C(=O)c1ccc(C2=CC3(CCN(C(=O)OC(C)(C)C)CC3)Oc3ccccc32)c(OCOC)c1. The number of hydrogen-bond acceptors (Lipinski definition) is 6. The molecule has 0 unspecified atom stereocenters. The third-order valence-corrected chi connectivity index (χ3v) is 7.06. The first-order valence-electron chi connectivity index (χ1n) is 13.6. The first-order chi connectivity index (χ1) is 18.6. The molecule has 210 valence electrons. The lowest BCUT2D eigenvalue weighted by molar-refractivity contribution is -0.00117. The van der Waals surface area contributed by atoms with Crippen molar-refractivity contribution in [1.82, 2.24) is 9.80 Å². The van der Waals surface area contributed by atoms with E-state index >= 15 is 0 Å². The molecule has 39 heavy (non-hydrogen) atoms. The second-order valence-electron chi connectivity index (χ2n) is 10.9. The van der Waals surface area contributed by atoms with Crippen LogP contribution in [0.1, 0.15) is 68.9 Å². The summed E-state index contributed by atoms with van der Waals surface area (Å²) < 4.78 is 23.4. The monoisotopic (exact) mass is 536 g/mol. The minimum Gasteiger partial charge on any atom is -0.482 e. The van der Waals surface area contributed by atoms with E-state index in [-0.39, 0.29) is 18.8 Å². The van der Waals surface area contributed by atoms with E-state index in [9.17, 15) is 9.59 Å². The van der Waals surface area contributed by atoms with Crippen LogP contribution < -0.4 is 9.47 Å². The van der Waals surface area contributed by atoms with Crippen LogP contribution in [0.15, 0.2) is 48.5 Å². The maximum Gasteiger partial charge on any atom is 0.410 e. The maximum atomic E-state index is 13.1. The molecule has 0 saturated carbocycles. The first kappa shape index (κ1) is 28.5. The summed E-state index contributed by atoms with van der Waals surface area (Å²) in [6.07, 6.45) is 3.09. The highest BCUT2D eigenvalue weighted by Crippen LogP contribution is 2.45. The molecule has 2 aromatic carbocycles. The number of rotatable bonds is 7. The van der Waals surface area contributed by atoms with Gasteiger partial charge in [0.05, 0.1) is 0 Å². The van der Waals surface area contributed by atoms with Gasteiger partial charge in [-0.2, -0.15) is 0 Å². The Morgan fingerprint density at radius 3 is 2.36 bits per heavy atom. The van der Waals surface area contributed by atoms with Crippen molar-refractivity contribution in [3.8, 4) is 11.5 Å². The Hall–Kier alpha value is -3.52. The van der Waals surface area contributed by atoms with Crippen molar-refractivity contribution in [3.63, 3.8) is 0 Å². The van der Waals surface area contributed by atoms with E-state index in [1.807, 2.05) is 71.0 Å². The molecule has 1 saturated heterocycles. The predicted molar refractivity (Wildman–Crippen MR) is 150 cm³/mol. The Balaban J connectivity index is 1.71. The number of methoxy groups -OCH3 is 1. The van der Waals surface area contributed by atoms with Crippen LogP contribution in [0.25, 0.3) is 5.57 Å². The molecular formula is C31H40N2O6. The number of para-hydroxylation sites is 1. The van der Waals surface area contributed by atoms with Gasteiger partial charge in [0.2, 0.25) is 0 Å². The summed E-state index contributed by atoms with van der Waals surface area (Å²) in [5.74, 6) is 1.31. The molecule has 0 bridgehead atoms. The minimum absolute atomic E-state index is 0.0406. The molecule has 0 N–H and O–H groups in total. The summed E-state index contributed by atoms with van der Waals surface area (Å²) in [5.41, 5.74) is 2.20. The summed E-state index contributed by atoms with van der Waals surface area (Å²) in [7, 11) is 1.57. The van der Waals surface area contributed by atoms with Gasteiger partial charge in [0.1, 0.15) is 22.7 Å². The second-order valence-corrected chi connectivity index (χ2v) is 10.9. The van der Waals surface area contributed by atoms with Crippen LogP contribution in [-0.2, 0) is 9.47 Å². The predicted octanol–water partition coefficient (Wildman–Crippen LogP) is 5.75. The number of likely N-dealkylation sites (tertiary alicyclic amines) is 1.